The van der Waals surface area contributed by atoms with E-state index in [2.05, 4.69) is 5.32 Å². The Morgan fingerprint density at radius 1 is 1.35 bits per heavy atom. The lowest BCUT2D eigenvalue weighted by Gasteiger charge is -2.28. The van der Waals surface area contributed by atoms with Crippen molar-refractivity contribution in [1.82, 2.24) is 9.62 Å². The molecule has 1 rings (SSSR count). The van der Waals surface area contributed by atoms with Gasteiger partial charge in [-0.25, -0.2) is 12.7 Å². The van der Waals surface area contributed by atoms with Gasteiger partial charge in [-0.15, -0.1) is 0 Å². The molecule has 1 saturated heterocycles. The second kappa shape index (κ2) is 7.34. The first kappa shape index (κ1) is 14.9. The van der Waals surface area contributed by atoms with Crippen LogP contribution < -0.4 is 5.32 Å². The van der Waals surface area contributed by atoms with Crippen LogP contribution in [0.25, 0.3) is 0 Å². The summed E-state index contributed by atoms with van der Waals surface area (Å²) in [5.41, 5.74) is 0. The maximum absolute atomic E-state index is 12.1. The average Bonchev–Trinajstić information content (AvgIpc) is 2.34. The quantitative estimate of drug-likeness (QED) is 0.755. The van der Waals surface area contributed by atoms with Gasteiger partial charge in [0.2, 0.25) is 10.0 Å². The van der Waals surface area contributed by atoms with E-state index in [1.54, 1.807) is 4.31 Å². The van der Waals surface area contributed by atoms with Crippen molar-refractivity contribution in [2.45, 2.75) is 39.5 Å². The first-order valence-corrected chi connectivity index (χ1v) is 8.39. The molecule has 0 saturated carbocycles. The second-order valence-corrected chi connectivity index (χ2v) is 6.92. The summed E-state index contributed by atoms with van der Waals surface area (Å²) in [6, 6.07) is 0. The third kappa shape index (κ3) is 4.94. The normalized spacial score (nSPS) is 21.9. The van der Waals surface area contributed by atoms with Crippen LogP contribution in [0.5, 0.6) is 0 Å². The SMILES string of the molecule is CCCCS(=O)(=O)N(CC)CC1CCCNC1. The molecule has 4 nitrogen and oxygen atoms in total. The summed E-state index contributed by atoms with van der Waals surface area (Å²) in [6.07, 6.45) is 4.01. The Kier molecular flexibility index (Phi) is 6.44. The lowest BCUT2D eigenvalue weighted by Crippen LogP contribution is -2.41. The van der Waals surface area contributed by atoms with Crippen LogP contribution in [0.15, 0.2) is 0 Å². The molecule has 0 bridgehead atoms. The molecule has 1 aliphatic rings. The van der Waals surface area contributed by atoms with Gasteiger partial charge in [-0.1, -0.05) is 20.3 Å². The molecule has 1 aliphatic heterocycles. The zero-order chi connectivity index (χ0) is 12.7. The van der Waals surface area contributed by atoms with E-state index in [1.165, 1.54) is 0 Å². The molecule has 0 aliphatic carbocycles. The van der Waals surface area contributed by atoms with E-state index < -0.39 is 10.0 Å². The van der Waals surface area contributed by atoms with Gasteiger partial charge in [0.05, 0.1) is 5.75 Å². The number of nitrogens with zero attached hydrogens (tertiary/aromatic N) is 1. The molecule has 1 atom stereocenters. The molecule has 0 radical (unpaired) electrons. The van der Waals surface area contributed by atoms with E-state index in [0.717, 1.165) is 38.8 Å². The number of hydrogen-bond acceptors (Lipinski definition) is 3. The molecule has 0 spiro atoms. The molecule has 102 valence electrons. The van der Waals surface area contributed by atoms with Crippen LogP contribution in [0.1, 0.15) is 39.5 Å². The Bertz CT molecular complexity index is 298. The van der Waals surface area contributed by atoms with E-state index in [9.17, 15) is 8.42 Å². The lowest BCUT2D eigenvalue weighted by molar-refractivity contribution is 0.297. The van der Waals surface area contributed by atoms with Crippen molar-refractivity contribution in [3.8, 4) is 0 Å². The van der Waals surface area contributed by atoms with E-state index in [-0.39, 0.29) is 0 Å². The summed E-state index contributed by atoms with van der Waals surface area (Å²) in [5.74, 6) is 0.789. The number of rotatable bonds is 7. The fourth-order valence-corrected chi connectivity index (χ4v) is 4.01. The molecule has 0 aromatic heterocycles. The van der Waals surface area contributed by atoms with Crippen molar-refractivity contribution in [2.75, 3.05) is 31.9 Å². The Morgan fingerprint density at radius 2 is 2.12 bits per heavy atom. The standard InChI is InChI=1S/C12H26N2O2S/c1-3-5-9-17(15,16)14(4-2)11-12-7-6-8-13-10-12/h12-13H,3-11H2,1-2H3. The van der Waals surface area contributed by atoms with Crippen LogP contribution in [-0.2, 0) is 10.0 Å². The third-order valence-corrected chi connectivity index (χ3v) is 5.36. The number of nitrogens with one attached hydrogen (secondary N) is 1. The van der Waals surface area contributed by atoms with Gasteiger partial charge >= 0.3 is 0 Å². The van der Waals surface area contributed by atoms with Crippen molar-refractivity contribution in [3.63, 3.8) is 0 Å². The van der Waals surface area contributed by atoms with Crippen LogP contribution >= 0.6 is 0 Å². The second-order valence-electron chi connectivity index (χ2n) is 4.83. The number of piperidine rings is 1. The molecule has 1 N–H and O–H groups in total. The Balaban J connectivity index is 2.51. The van der Waals surface area contributed by atoms with Gasteiger partial charge in [0, 0.05) is 13.1 Å². The summed E-state index contributed by atoms with van der Waals surface area (Å²) < 4.78 is 25.9. The van der Waals surface area contributed by atoms with Crippen molar-refractivity contribution < 1.29 is 8.42 Å². The minimum atomic E-state index is -3.03. The van der Waals surface area contributed by atoms with Gasteiger partial charge in [-0.2, -0.15) is 0 Å². The van der Waals surface area contributed by atoms with Gasteiger partial charge in [0.15, 0.2) is 0 Å². The molecular weight excluding hydrogens is 236 g/mol. The smallest absolute Gasteiger partial charge is 0.214 e. The van der Waals surface area contributed by atoms with Crippen molar-refractivity contribution >= 4 is 10.0 Å². The third-order valence-electron chi connectivity index (χ3n) is 3.36. The van der Waals surface area contributed by atoms with Crippen molar-refractivity contribution in [1.29, 1.82) is 0 Å². The monoisotopic (exact) mass is 262 g/mol. The summed E-state index contributed by atoms with van der Waals surface area (Å²) in [5, 5.41) is 3.34. The predicted octanol–water partition coefficient (Wildman–Crippen LogP) is 1.44. The average molecular weight is 262 g/mol. The molecule has 1 fully saturated rings. The molecule has 1 heterocycles. The fraction of sp³-hybridized carbons (Fsp3) is 1.00. The molecule has 0 aromatic carbocycles. The molecule has 5 heteroatoms. The Morgan fingerprint density at radius 3 is 2.65 bits per heavy atom. The summed E-state index contributed by atoms with van der Waals surface area (Å²) in [7, 11) is -3.03. The van der Waals surface area contributed by atoms with E-state index >= 15 is 0 Å². The van der Waals surface area contributed by atoms with Crippen LogP contribution in [0.2, 0.25) is 0 Å². The summed E-state index contributed by atoms with van der Waals surface area (Å²) >= 11 is 0. The van der Waals surface area contributed by atoms with Gasteiger partial charge in [0.1, 0.15) is 0 Å². The maximum Gasteiger partial charge on any atom is 0.214 e. The van der Waals surface area contributed by atoms with Crippen molar-refractivity contribution in [2.24, 2.45) is 5.92 Å². The van der Waals surface area contributed by atoms with Crippen LogP contribution in [-0.4, -0.2) is 44.7 Å². The number of hydrogen-bond donors (Lipinski definition) is 1. The van der Waals surface area contributed by atoms with E-state index in [1.807, 2.05) is 13.8 Å². The van der Waals surface area contributed by atoms with Gasteiger partial charge in [-0.05, 0) is 38.3 Å². The Labute approximate surface area is 106 Å². The van der Waals surface area contributed by atoms with Crippen LogP contribution in [0.4, 0.5) is 0 Å². The minimum Gasteiger partial charge on any atom is -0.316 e. The maximum atomic E-state index is 12.1. The summed E-state index contributed by atoms with van der Waals surface area (Å²) in [4.78, 5) is 0. The summed E-state index contributed by atoms with van der Waals surface area (Å²) in [6.45, 7) is 7.28. The van der Waals surface area contributed by atoms with E-state index in [0.29, 0.717) is 24.8 Å². The van der Waals surface area contributed by atoms with Gasteiger partial charge in [-0.3, -0.25) is 0 Å². The fourth-order valence-electron chi connectivity index (χ4n) is 2.26. The zero-order valence-corrected chi connectivity index (χ0v) is 11.9. The van der Waals surface area contributed by atoms with Crippen LogP contribution in [0, 0.1) is 5.92 Å². The van der Waals surface area contributed by atoms with Gasteiger partial charge in [0.25, 0.3) is 0 Å². The lowest BCUT2D eigenvalue weighted by atomic mass is 10.00. The molecular formula is C12H26N2O2S. The molecule has 0 aromatic rings. The topological polar surface area (TPSA) is 49.4 Å². The molecule has 17 heavy (non-hydrogen) atoms. The minimum absolute atomic E-state index is 0.303. The van der Waals surface area contributed by atoms with E-state index in [4.69, 9.17) is 0 Å². The van der Waals surface area contributed by atoms with Crippen molar-refractivity contribution in [3.05, 3.63) is 0 Å². The highest BCUT2D eigenvalue weighted by Gasteiger charge is 2.24. The first-order valence-electron chi connectivity index (χ1n) is 6.78. The van der Waals surface area contributed by atoms with Gasteiger partial charge < -0.3 is 5.32 Å². The van der Waals surface area contributed by atoms with Crippen LogP contribution in [0.3, 0.4) is 0 Å². The molecule has 0 amide bonds. The predicted molar refractivity (Wildman–Crippen MR) is 71.5 cm³/mol. The zero-order valence-electron chi connectivity index (χ0n) is 11.1. The molecule has 1 unspecified atom stereocenters. The highest BCUT2D eigenvalue weighted by atomic mass is 32.2. The first-order chi connectivity index (χ1) is 8.10. The number of unbranched alkanes of at least 4 members (excludes halogenated alkanes) is 1. The highest BCUT2D eigenvalue weighted by molar-refractivity contribution is 7.89. The number of sulfonamides is 1. The largest absolute Gasteiger partial charge is 0.316 e. The Hall–Kier alpha value is -0.130. The highest BCUT2D eigenvalue weighted by Crippen LogP contribution is 2.14.